The summed E-state index contributed by atoms with van der Waals surface area (Å²) in [6.45, 7) is 6.22. The lowest BCUT2D eigenvalue weighted by Gasteiger charge is -2.45. The van der Waals surface area contributed by atoms with Gasteiger partial charge in [-0.3, -0.25) is 4.90 Å². The number of carbonyl (C=O) groups excluding carboxylic acids is 1. The zero-order chi connectivity index (χ0) is 17.9. The van der Waals surface area contributed by atoms with E-state index in [2.05, 4.69) is 59.6 Å². The number of hydrogen-bond donors (Lipinski definition) is 1. The Kier molecular flexibility index (Phi) is 5.11. The largest absolute Gasteiger partial charge is 0.331 e. The van der Waals surface area contributed by atoms with E-state index < -0.39 is 0 Å². The number of hydrogen-bond acceptors (Lipinski definition) is 2. The number of carbonyl (C=O) groups is 1. The highest BCUT2D eigenvalue weighted by atomic mass is 16.2. The third-order valence-electron chi connectivity index (χ3n) is 5.94. The molecule has 1 unspecified atom stereocenters. The molecule has 26 heavy (non-hydrogen) atoms. The molecule has 2 aromatic rings. The summed E-state index contributed by atoms with van der Waals surface area (Å²) in [5.41, 5.74) is 1.18. The molecule has 2 heterocycles. The summed E-state index contributed by atoms with van der Waals surface area (Å²) in [5.74, 6) is 0. The molecule has 2 saturated heterocycles. The van der Waals surface area contributed by atoms with Gasteiger partial charge in [-0.05, 0) is 49.2 Å². The van der Waals surface area contributed by atoms with Gasteiger partial charge in [-0.1, -0.05) is 55.3 Å². The first-order chi connectivity index (χ1) is 12.7. The molecule has 138 valence electrons. The van der Waals surface area contributed by atoms with Crippen molar-refractivity contribution in [1.29, 1.82) is 0 Å². The first-order valence-electron chi connectivity index (χ1n) is 9.99. The van der Waals surface area contributed by atoms with Gasteiger partial charge in [0.2, 0.25) is 0 Å². The molecular weight excluding hydrogens is 322 g/mol. The summed E-state index contributed by atoms with van der Waals surface area (Å²) in [6, 6.07) is 15.3. The smallest absolute Gasteiger partial charge is 0.317 e. The van der Waals surface area contributed by atoms with E-state index in [-0.39, 0.29) is 12.1 Å². The minimum Gasteiger partial charge on any atom is -0.331 e. The minimum atomic E-state index is 0.00540. The number of nitrogens with one attached hydrogen (secondary N) is 1. The fourth-order valence-electron chi connectivity index (χ4n) is 4.29. The van der Waals surface area contributed by atoms with Gasteiger partial charge < -0.3 is 10.2 Å². The van der Waals surface area contributed by atoms with Crippen LogP contribution in [0, 0.1) is 0 Å². The lowest BCUT2D eigenvalue weighted by molar-refractivity contribution is 0.0579. The summed E-state index contributed by atoms with van der Waals surface area (Å²) in [4.78, 5) is 17.2. The van der Waals surface area contributed by atoms with Gasteiger partial charge in [0, 0.05) is 19.1 Å². The van der Waals surface area contributed by atoms with Crippen molar-refractivity contribution >= 4 is 16.8 Å². The summed E-state index contributed by atoms with van der Waals surface area (Å²) in [5, 5.41) is 5.63. The van der Waals surface area contributed by atoms with Crippen LogP contribution < -0.4 is 5.32 Å². The first-order valence-corrected chi connectivity index (χ1v) is 9.99. The Morgan fingerprint density at radius 3 is 2.46 bits per heavy atom. The van der Waals surface area contributed by atoms with Crippen molar-refractivity contribution in [3.63, 3.8) is 0 Å². The maximum Gasteiger partial charge on any atom is 0.317 e. The second kappa shape index (κ2) is 7.67. The van der Waals surface area contributed by atoms with Crippen LogP contribution in [-0.4, -0.2) is 48.1 Å². The maximum atomic E-state index is 12.6. The highest BCUT2D eigenvalue weighted by Gasteiger charge is 2.35. The second-order valence-electron chi connectivity index (χ2n) is 7.75. The lowest BCUT2D eigenvalue weighted by Crippen LogP contribution is -2.63. The van der Waals surface area contributed by atoms with E-state index in [1.54, 1.807) is 0 Å². The molecule has 0 bridgehead atoms. The average molecular weight is 351 g/mol. The normalized spacial score (nSPS) is 20.4. The number of urea groups is 1. The number of benzene rings is 2. The highest BCUT2D eigenvalue weighted by molar-refractivity contribution is 5.86. The van der Waals surface area contributed by atoms with Crippen LogP contribution in [0.3, 0.4) is 0 Å². The third-order valence-corrected chi connectivity index (χ3v) is 5.94. The van der Waals surface area contributed by atoms with Gasteiger partial charge in [0.15, 0.2) is 0 Å². The van der Waals surface area contributed by atoms with Crippen molar-refractivity contribution < 1.29 is 4.79 Å². The van der Waals surface area contributed by atoms with Crippen LogP contribution in [0.4, 0.5) is 4.79 Å². The summed E-state index contributed by atoms with van der Waals surface area (Å²) >= 11 is 0. The molecule has 0 aromatic heterocycles. The Morgan fingerprint density at radius 2 is 1.69 bits per heavy atom. The minimum absolute atomic E-state index is 0.00540. The van der Waals surface area contributed by atoms with Crippen molar-refractivity contribution in [3.05, 3.63) is 48.0 Å². The fourth-order valence-corrected chi connectivity index (χ4v) is 4.29. The zero-order valence-corrected chi connectivity index (χ0v) is 15.7. The number of likely N-dealkylation sites (tertiary alicyclic amines) is 2. The molecule has 2 fully saturated rings. The Bertz CT molecular complexity index is 756. The Morgan fingerprint density at radius 1 is 1.00 bits per heavy atom. The molecule has 0 radical (unpaired) electrons. The molecule has 2 amide bonds. The van der Waals surface area contributed by atoms with Gasteiger partial charge >= 0.3 is 6.03 Å². The summed E-state index contributed by atoms with van der Waals surface area (Å²) < 4.78 is 0. The van der Waals surface area contributed by atoms with E-state index in [9.17, 15) is 4.79 Å². The van der Waals surface area contributed by atoms with Crippen molar-refractivity contribution in [1.82, 2.24) is 15.1 Å². The summed E-state index contributed by atoms with van der Waals surface area (Å²) in [7, 11) is 0. The number of amides is 2. The van der Waals surface area contributed by atoms with Crippen molar-refractivity contribution in [2.75, 3.05) is 26.2 Å². The molecule has 2 aromatic carbocycles. The molecule has 0 saturated carbocycles. The molecule has 0 aliphatic carbocycles. The number of fused-ring (bicyclic) bond motifs is 1. The highest BCUT2D eigenvalue weighted by Crippen LogP contribution is 2.25. The predicted octanol–water partition coefficient (Wildman–Crippen LogP) is 4.17. The quantitative estimate of drug-likeness (QED) is 0.901. The fraction of sp³-hybridized carbons (Fsp3) is 0.500. The Labute approximate surface area is 156 Å². The van der Waals surface area contributed by atoms with Crippen LogP contribution >= 0.6 is 0 Å². The topological polar surface area (TPSA) is 35.6 Å². The van der Waals surface area contributed by atoms with Gasteiger partial charge in [0.1, 0.15) is 0 Å². The SMILES string of the molecule is CC(NC(=O)N1CC(N2CCCCCC2)C1)c1cccc2ccccc12. The Balaban J connectivity index is 1.35. The standard InChI is InChI=1S/C22H29N3O/c1-17(20-12-8-10-18-9-4-5-11-21(18)20)23-22(26)25-15-19(16-25)24-13-6-2-3-7-14-24/h4-5,8-12,17,19H,2-3,6-7,13-16H2,1H3,(H,23,26). The van der Waals surface area contributed by atoms with E-state index in [0.717, 1.165) is 13.1 Å². The van der Waals surface area contributed by atoms with Crippen molar-refractivity contribution in [2.24, 2.45) is 0 Å². The van der Waals surface area contributed by atoms with Gasteiger partial charge in [-0.2, -0.15) is 0 Å². The van der Waals surface area contributed by atoms with E-state index in [4.69, 9.17) is 0 Å². The molecular formula is C22H29N3O. The second-order valence-corrected chi connectivity index (χ2v) is 7.75. The molecule has 1 atom stereocenters. The maximum absolute atomic E-state index is 12.6. The van der Waals surface area contributed by atoms with Crippen molar-refractivity contribution in [2.45, 2.75) is 44.7 Å². The van der Waals surface area contributed by atoms with Gasteiger partial charge in [-0.25, -0.2) is 4.79 Å². The first kappa shape index (κ1) is 17.3. The lowest BCUT2D eigenvalue weighted by atomic mass is 9.99. The van der Waals surface area contributed by atoms with Crippen LogP contribution in [0.5, 0.6) is 0 Å². The van der Waals surface area contributed by atoms with Gasteiger partial charge in [-0.15, -0.1) is 0 Å². The molecule has 0 spiro atoms. The van der Waals surface area contributed by atoms with Gasteiger partial charge in [0.05, 0.1) is 6.04 Å². The average Bonchev–Trinajstić information content (AvgIpc) is 2.89. The Hall–Kier alpha value is -2.07. The molecule has 2 aliphatic rings. The van der Waals surface area contributed by atoms with E-state index in [1.807, 2.05) is 4.90 Å². The van der Waals surface area contributed by atoms with E-state index >= 15 is 0 Å². The van der Waals surface area contributed by atoms with Crippen LogP contribution in [0.2, 0.25) is 0 Å². The monoisotopic (exact) mass is 351 g/mol. The summed E-state index contributed by atoms with van der Waals surface area (Å²) in [6.07, 6.45) is 5.33. The molecule has 4 nitrogen and oxygen atoms in total. The van der Waals surface area contributed by atoms with E-state index in [0.29, 0.717) is 6.04 Å². The zero-order valence-electron chi connectivity index (χ0n) is 15.7. The number of nitrogens with zero attached hydrogens (tertiary/aromatic N) is 2. The predicted molar refractivity (Wildman–Crippen MR) is 106 cm³/mol. The third kappa shape index (κ3) is 3.56. The molecule has 4 heteroatoms. The molecule has 1 N–H and O–H groups in total. The van der Waals surface area contributed by atoms with Crippen LogP contribution in [0.1, 0.15) is 44.2 Å². The van der Waals surface area contributed by atoms with Gasteiger partial charge in [0.25, 0.3) is 0 Å². The van der Waals surface area contributed by atoms with Crippen molar-refractivity contribution in [3.8, 4) is 0 Å². The van der Waals surface area contributed by atoms with Crippen LogP contribution in [-0.2, 0) is 0 Å². The van der Waals surface area contributed by atoms with E-state index in [1.165, 1.54) is 55.1 Å². The number of rotatable bonds is 3. The van der Waals surface area contributed by atoms with Crippen LogP contribution in [0.15, 0.2) is 42.5 Å². The van der Waals surface area contributed by atoms with Crippen LogP contribution in [0.25, 0.3) is 10.8 Å². The molecule has 4 rings (SSSR count). The molecule has 2 aliphatic heterocycles.